The standard InChI is InChI=1S/C19H24N2O3S/c1-13(2)17-10-6-8-15(4)19(17)21-18(22)12-20-25(23,24)16-9-5-7-14(3)11-16/h5-11,13,20H,12H2,1-4H3,(H,21,22). The Bertz CT molecular complexity index is 874. The summed E-state index contributed by atoms with van der Waals surface area (Å²) in [5.74, 6) is -0.147. The van der Waals surface area contributed by atoms with Crippen LogP contribution < -0.4 is 10.0 Å². The molecule has 0 saturated carbocycles. The molecule has 0 fully saturated rings. The molecule has 134 valence electrons. The molecule has 2 aromatic carbocycles. The predicted molar refractivity (Wildman–Crippen MR) is 100 cm³/mol. The summed E-state index contributed by atoms with van der Waals surface area (Å²) in [6.45, 7) is 7.51. The Morgan fingerprint density at radius 1 is 1.08 bits per heavy atom. The van der Waals surface area contributed by atoms with Gasteiger partial charge in [-0.05, 0) is 48.6 Å². The predicted octanol–water partition coefficient (Wildman–Crippen LogP) is 3.34. The van der Waals surface area contributed by atoms with Crippen LogP contribution >= 0.6 is 0 Å². The Hall–Kier alpha value is -2.18. The summed E-state index contributed by atoms with van der Waals surface area (Å²) in [6.07, 6.45) is 0. The summed E-state index contributed by atoms with van der Waals surface area (Å²) >= 11 is 0. The Morgan fingerprint density at radius 3 is 2.40 bits per heavy atom. The molecule has 0 aliphatic heterocycles. The molecule has 0 spiro atoms. The molecule has 0 radical (unpaired) electrons. The van der Waals surface area contributed by atoms with Crippen molar-refractivity contribution in [2.75, 3.05) is 11.9 Å². The molecule has 2 aromatic rings. The molecular formula is C19H24N2O3S. The van der Waals surface area contributed by atoms with E-state index in [1.54, 1.807) is 12.1 Å². The minimum absolute atomic E-state index is 0.152. The fourth-order valence-electron chi connectivity index (χ4n) is 2.55. The van der Waals surface area contributed by atoms with Gasteiger partial charge in [0.05, 0.1) is 11.4 Å². The van der Waals surface area contributed by atoms with Crippen molar-refractivity contribution in [3.8, 4) is 0 Å². The van der Waals surface area contributed by atoms with E-state index in [4.69, 9.17) is 0 Å². The smallest absolute Gasteiger partial charge is 0.241 e. The van der Waals surface area contributed by atoms with Gasteiger partial charge in [0.15, 0.2) is 0 Å². The first-order valence-electron chi connectivity index (χ1n) is 8.16. The molecule has 2 rings (SSSR count). The normalized spacial score (nSPS) is 11.6. The van der Waals surface area contributed by atoms with Gasteiger partial charge in [-0.2, -0.15) is 0 Å². The van der Waals surface area contributed by atoms with Gasteiger partial charge in [-0.25, -0.2) is 13.1 Å². The Labute approximate surface area is 149 Å². The first kappa shape index (κ1) is 19.1. The van der Waals surface area contributed by atoms with Gasteiger partial charge in [0.2, 0.25) is 15.9 Å². The maximum atomic E-state index is 12.3. The largest absolute Gasteiger partial charge is 0.324 e. The molecule has 0 unspecified atom stereocenters. The third-order valence-corrected chi connectivity index (χ3v) is 5.31. The minimum Gasteiger partial charge on any atom is -0.324 e. The number of hydrogen-bond donors (Lipinski definition) is 2. The average Bonchev–Trinajstić information content (AvgIpc) is 2.55. The number of sulfonamides is 1. The molecule has 1 amide bonds. The lowest BCUT2D eigenvalue weighted by Crippen LogP contribution is -2.33. The molecule has 0 aliphatic rings. The molecule has 0 heterocycles. The summed E-state index contributed by atoms with van der Waals surface area (Å²) in [5.41, 5.74) is 3.56. The van der Waals surface area contributed by atoms with E-state index in [0.717, 1.165) is 22.4 Å². The zero-order chi connectivity index (χ0) is 18.6. The van der Waals surface area contributed by atoms with E-state index in [9.17, 15) is 13.2 Å². The summed E-state index contributed by atoms with van der Waals surface area (Å²) < 4.78 is 26.9. The molecule has 0 atom stereocenters. The quantitative estimate of drug-likeness (QED) is 0.829. The minimum atomic E-state index is -3.72. The third-order valence-electron chi connectivity index (χ3n) is 3.91. The van der Waals surface area contributed by atoms with Crippen molar-refractivity contribution in [3.63, 3.8) is 0 Å². The van der Waals surface area contributed by atoms with Crippen molar-refractivity contribution < 1.29 is 13.2 Å². The van der Waals surface area contributed by atoms with Crippen LogP contribution in [0.1, 0.15) is 36.5 Å². The van der Waals surface area contributed by atoms with Gasteiger partial charge >= 0.3 is 0 Å². The summed E-state index contributed by atoms with van der Waals surface area (Å²) in [4.78, 5) is 12.4. The zero-order valence-electron chi connectivity index (χ0n) is 15.0. The number of nitrogens with one attached hydrogen (secondary N) is 2. The van der Waals surface area contributed by atoms with Gasteiger partial charge in [0.25, 0.3) is 0 Å². The van der Waals surface area contributed by atoms with E-state index in [1.165, 1.54) is 6.07 Å². The molecule has 25 heavy (non-hydrogen) atoms. The molecular weight excluding hydrogens is 336 g/mol. The van der Waals surface area contributed by atoms with E-state index >= 15 is 0 Å². The molecule has 5 nitrogen and oxygen atoms in total. The summed E-state index contributed by atoms with van der Waals surface area (Å²) in [5, 5.41) is 2.83. The lowest BCUT2D eigenvalue weighted by Gasteiger charge is -2.16. The van der Waals surface area contributed by atoms with Crippen LogP contribution in [-0.4, -0.2) is 20.9 Å². The second-order valence-corrected chi connectivity index (χ2v) is 8.15. The Morgan fingerprint density at radius 2 is 1.76 bits per heavy atom. The van der Waals surface area contributed by atoms with Crippen molar-refractivity contribution in [3.05, 3.63) is 59.2 Å². The second kappa shape index (κ2) is 7.80. The molecule has 0 aromatic heterocycles. The maximum Gasteiger partial charge on any atom is 0.241 e. The monoisotopic (exact) mass is 360 g/mol. The first-order chi connectivity index (χ1) is 11.7. The van der Waals surface area contributed by atoms with Crippen LogP contribution in [0.15, 0.2) is 47.4 Å². The Balaban J connectivity index is 2.09. The van der Waals surface area contributed by atoms with Crippen LogP contribution in [0.2, 0.25) is 0 Å². The van der Waals surface area contributed by atoms with Crippen LogP contribution in [0.5, 0.6) is 0 Å². The molecule has 0 saturated heterocycles. The zero-order valence-corrected chi connectivity index (χ0v) is 15.8. The summed E-state index contributed by atoms with van der Waals surface area (Å²) in [6, 6.07) is 12.4. The number of rotatable bonds is 6. The first-order valence-corrected chi connectivity index (χ1v) is 9.64. The number of carbonyl (C=O) groups is 1. The highest BCUT2D eigenvalue weighted by molar-refractivity contribution is 7.89. The van der Waals surface area contributed by atoms with Gasteiger partial charge in [-0.3, -0.25) is 4.79 Å². The highest BCUT2D eigenvalue weighted by Gasteiger charge is 2.17. The molecule has 0 bridgehead atoms. The molecule has 0 aliphatic carbocycles. The van der Waals surface area contributed by atoms with Crippen molar-refractivity contribution >= 4 is 21.6 Å². The number of benzene rings is 2. The third kappa shape index (κ3) is 4.90. The van der Waals surface area contributed by atoms with Crippen molar-refractivity contribution in [2.24, 2.45) is 0 Å². The molecule has 2 N–H and O–H groups in total. The van der Waals surface area contributed by atoms with E-state index in [1.807, 2.05) is 52.0 Å². The van der Waals surface area contributed by atoms with Crippen LogP contribution in [0.4, 0.5) is 5.69 Å². The SMILES string of the molecule is Cc1cccc(S(=O)(=O)NCC(=O)Nc2c(C)cccc2C(C)C)c1. The van der Waals surface area contributed by atoms with Crippen LogP contribution in [0, 0.1) is 13.8 Å². The van der Waals surface area contributed by atoms with Crippen molar-refractivity contribution in [1.82, 2.24) is 4.72 Å². The van der Waals surface area contributed by atoms with Crippen molar-refractivity contribution in [1.29, 1.82) is 0 Å². The number of para-hydroxylation sites is 1. The fraction of sp³-hybridized carbons (Fsp3) is 0.316. The second-order valence-electron chi connectivity index (χ2n) is 6.38. The van der Waals surface area contributed by atoms with Gasteiger partial charge in [-0.15, -0.1) is 0 Å². The number of aryl methyl sites for hydroxylation is 2. The highest BCUT2D eigenvalue weighted by Crippen LogP contribution is 2.27. The lowest BCUT2D eigenvalue weighted by atomic mass is 9.98. The van der Waals surface area contributed by atoms with Crippen LogP contribution in [-0.2, 0) is 14.8 Å². The summed E-state index contributed by atoms with van der Waals surface area (Å²) in [7, 11) is -3.72. The van der Waals surface area contributed by atoms with E-state index in [2.05, 4.69) is 10.0 Å². The number of amides is 1. The van der Waals surface area contributed by atoms with Gasteiger partial charge in [-0.1, -0.05) is 44.2 Å². The van der Waals surface area contributed by atoms with Crippen LogP contribution in [0.25, 0.3) is 0 Å². The Kier molecular flexibility index (Phi) is 5.98. The number of anilines is 1. The van der Waals surface area contributed by atoms with E-state index < -0.39 is 15.9 Å². The maximum absolute atomic E-state index is 12.3. The van der Waals surface area contributed by atoms with E-state index in [-0.39, 0.29) is 17.4 Å². The van der Waals surface area contributed by atoms with Crippen molar-refractivity contribution in [2.45, 2.75) is 38.5 Å². The van der Waals surface area contributed by atoms with E-state index in [0.29, 0.717) is 0 Å². The lowest BCUT2D eigenvalue weighted by molar-refractivity contribution is -0.115. The number of carbonyl (C=O) groups excluding carboxylic acids is 1. The van der Waals surface area contributed by atoms with Gasteiger partial charge in [0.1, 0.15) is 0 Å². The van der Waals surface area contributed by atoms with Crippen LogP contribution in [0.3, 0.4) is 0 Å². The topological polar surface area (TPSA) is 75.3 Å². The average molecular weight is 360 g/mol. The van der Waals surface area contributed by atoms with Gasteiger partial charge < -0.3 is 5.32 Å². The van der Waals surface area contributed by atoms with Gasteiger partial charge in [0, 0.05) is 5.69 Å². The fourth-order valence-corrected chi connectivity index (χ4v) is 3.64. The highest BCUT2D eigenvalue weighted by atomic mass is 32.2. The number of hydrogen-bond acceptors (Lipinski definition) is 3. The molecule has 6 heteroatoms.